The van der Waals surface area contributed by atoms with Crippen LogP contribution in [0.5, 0.6) is 17.2 Å². The van der Waals surface area contributed by atoms with E-state index in [4.69, 9.17) is 14.2 Å². The highest BCUT2D eigenvalue weighted by molar-refractivity contribution is 7.99. The zero-order valence-electron chi connectivity index (χ0n) is 18.9. The van der Waals surface area contributed by atoms with E-state index in [1.54, 1.807) is 31.6 Å². The molecule has 1 heterocycles. The van der Waals surface area contributed by atoms with Gasteiger partial charge in [0, 0.05) is 30.8 Å². The normalized spacial score (nSPS) is 10.4. The molecule has 0 aliphatic rings. The molecule has 0 unspecified atom stereocenters. The van der Waals surface area contributed by atoms with Crippen molar-refractivity contribution < 1.29 is 23.9 Å². The van der Waals surface area contributed by atoms with Crippen molar-refractivity contribution in [1.82, 2.24) is 10.3 Å². The summed E-state index contributed by atoms with van der Waals surface area (Å²) < 4.78 is 16.3. The number of carbonyl (C=O) groups excluding carboxylic acids is 1. The van der Waals surface area contributed by atoms with Crippen LogP contribution < -0.4 is 19.5 Å². The lowest BCUT2D eigenvalue weighted by Crippen LogP contribution is -2.24. The molecular weight excluding hydrogens is 458 g/mol. The molecule has 0 atom stereocenters. The van der Waals surface area contributed by atoms with Crippen LogP contribution in [0.15, 0.2) is 60.9 Å². The monoisotopic (exact) mass is 483 g/mol. The minimum Gasteiger partial charge on any atom is -0.493 e. The van der Waals surface area contributed by atoms with Crippen LogP contribution in [0, 0.1) is 10.1 Å². The van der Waals surface area contributed by atoms with Crippen LogP contribution in [0.25, 0.3) is 0 Å². The summed E-state index contributed by atoms with van der Waals surface area (Å²) in [7, 11) is 2.96. The van der Waals surface area contributed by atoms with E-state index >= 15 is 0 Å². The van der Waals surface area contributed by atoms with Gasteiger partial charge in [-0.1, -0.05) is 12.1 Å². The lowest BCUT2D eigenvalue weighted by Gasteiger charge is -2.13. The van der Waals surface area contributed by atoms with Crippen molar-refractivity contribution in [2.45, 2.75) is 18.9 Å². The van der Waals surface area contributed by atoms with Gasteiger partial charge in [0.2, 0.25) is 5.91 Å². The Balaban J connectivity index is 1.47. The number of hydrogen-bond donors (Lipinski definition) is 1. The molecule has 0 fully saturated rings. The molecule has 0 bridgehead atoms. The smallest absolute Gasteiger partial charge is 0.311 e. The molecule has 1 aromatic heterocycles. The second-order valence-electron chi connectivity index (χ2n) is 7.16. The number of ether oxygens (including phenoxy) is 3. The zero-order chi connectivity index (χ0) is 24.3. The molecule has 34 heavy (non-hydrogen) atoms. The summed E-state index contributed by atoms with van der Waals surface area (Å²) >= 11 is 1.37. The first-order chi connectivity index (χ1) is 16.5. The molecular formula is C24H25N3O6S. The van der Waals surface area contributed by atoms with Crippen LogP contribution in [0.3, 0.4) is 0 Å². The van der Waals surface area contributed by atoms with Crippen LogP contribution in [0.2, 0.25) is 0 Å². The number of methoxy groups -OCH3 is 2. The van der Waals surface area contributed by atoms with E-state index in [9.17, 15) is 14.9 Å². The van der Waals surface area contributed by atoms with E-state index in [1.807, 2.05) is 30.3 Å². The third-order valence-corrected chi connectivity index (χ3v) is 5.81. The number of aromatic nitrogens is 1. The standard InChI is InChI=1S/C24H25N3O6S/c1-31-21-5-4-19(11-20(21)27(29)30)15-34-16-24(28)26-13-18-3-6-22(23(12-18)32-2)33-14-17-7-9-25-10-8-17/h3-12H,13-16H2,1-2H3,(H,26,28). The van der Waals surface area contributed by atoms with Crippen LogP contribution in [0.1, 0.15) is 16.7 Å². The molecule has 9 nitrogen and oxygen atoms in total. The summed E-state index contributed by atoms with van der Waals surface area (Å²) in [6.07, 6.45) is 3.42. The molecule has 178 valence electrons. The van der Waals surface area contributed by atoms with Gasteiger partial charge in [0.05, 0.1) is 24.9 Å². The Labute approximate surface area is 201 Å². The highest BCUT2D eigenvalue weighted by Crippen LogP contribution is 2.30. The molecule has 1 amide bonds. The van der Waals surface area contributed by atoms with E-state index in [-0.39, 0.29) is 23.1 Å². The highest BCUT2D eigenvalue weighted by atomic mass is 32.2. The minimum atomic E-state index is -0.483. The lowest BCUT2D eigenvalue weighted by molar-refractivity contribution is -0.385. The van der Waals surface area contributed by atoms with Gasteiger partial charge in [-0.3, -0.25) is 19.9 Å². The van der Waals surface area contributed by atoms with Crippen LogP contribution in [0.4, 0.5) is 5.69 Å². The fraction of sp³-hybridized carbons (Fsp3) is 0.250. The maximum absolute atomic E-state index is 12.2. The number of hydrogen-bond acceptors (Lipinski definition) is 8. The van der Waals surface area contributed by atoms with Crippen molar-refractivity contribution in [3.05, 3.63) is 87.7 Å². The fourth-order valence-electron chi connectivity index (χ4n) is 3.06. The quantitative estimate of drug-likeness (QED) is 0.302. The number of amides is 1. The highest BCUT2D eigenvalue weighted by Gasteiger charge is 2.15. The number of nitrogens with zero attached hydrogens (tertiary/aromatic N) is 2. The van der Waals surface area contributed by atoms with Gasteiger partial charge in [0.25, 0.3) is 0 Å². The Kier molecular flexibility index (Phi) is 9.10. The molecule has 3 rings (SSSR count). The summed E-state index contributed by atoms with van der Waals surface area (Å²) in [6.45, 7) is 0.734. The van der Waals surface area contributed by atoms with Crippen LogP contribution in [-0.4, -0.2) is 35.8 Å². The summed E-state index contributed by atoms with van der Waals surface area (Å²) in [4.78, 5) is 26.9. The maximum atomic E-state index is 12.2. The van der Waals surface area contributed by atoms with E-state index in [0.717, 1.165) is 16.7 Å². The topological polar surface area (TPSA) is 113 Å². The Morgan fingerprint density at radius 2 is 1.68 bits per heavy atom. The number of thioether (sulfide) groups is 1. The van der Waals surface area contributed by atoms with Gasteiger partial charge in [-0.25, -0.2) is 0 Å². The number of carbonyl (C=O) groups is 1. The molecule has 0 aliphatic carbocycles. The second-order valence-corrected chi connectivity index (χ2v) is 8.15. The van der Waals surface area contributed by atoms with E-state index in [2.05, 4.69) is 10.3 Å². The average molecular weight is 484 g/mol. The number of benzene rings is 2. The van der Waals surface area contributed by atoms with Gasteiger partial charge in [-0.2, -0.15) is 0 Å². The number of pyridine rings is 1. The maximum Gasteiger partial charge on any atom is 0.311 e. The Morgan fingerprint density at radius 3 is 2.38 bits per heavy atom. The first-order valence-electron chi connectivity index (χ1n) is 10.3. The average Bonchev–Trinajstić information content (AvgIpc) is 2.86. The fourth-order valence-corrected chi connectivity index (χ4v) is 3.87. The Bertz CT molecular complexity index is 1130. The number of nitro benzene ring substituents is 1. The van der Waals surface area contributed by atoms with Crippen molar-refractivity contribution >= 4 is 23.4 Å². The van der Waals surface area contributed by atoms with Gasteiger partial charge >= 0.3 is 5.69 Å². The van der Waals surface area contributed by atoms with Crippen molar-refractivity contribution in [2.75, 3.05) is 20.0 Å². The summed E-state index contributed by atoms with van der Waals surface area (Å²) in [6, 6.07) is 14.0. The predicted octanol–water partition coefficient (Wildman–Crippen LogP) is 4.14. The molecule has 0 saturated heterocycles. The molecule has 0 radical (unpaired) electrons. The van der Waals surface area contributed by atoms with Crippen LogP contribution in [-0.2, 0) is 23.7 Å². The second kappa shape index (κ2) is 12.4. The molecule has 10 heteroatoms. The van der Waals surface area contributed by atoms with E-state index in [0.29, 0.717) is 30.4 Å². The van der Waals surface area contributed by atoms with Crippen molar-refractivity contribution in [2.24, 2.45) is 0 Å². The number of nitrogens with one attached hydrogen (secondary N) is 1. The first-order valence-corrected chi connectivity index (χ1v) is 11.5. The van der Waals surface area contributed by atoms with Gasteiger partial charge in [-0.05, 0) is 47.0 Å². The third-order valence-electron chi connectivity index (χ3n) is 4.80. The lowest BCUT2D eigenvalue weighted by atomic mass is 10.2. The van der Waals surface area contributed by atoms with Gasteiger partial charge in [0.15, 0.2) is 17.2 Å². The van der Waals surface area contributed by atoms with E-state index < -0.39 is 4.92 Å². The van der Waals surface area contributed by atoms with Gasteiger partial charge in [0.1, 0.15) is 6.61 Å². The first kappa shape index (κ1) is 24.8. The summed E-state index contributed by atoms with van der Waals surface area (Å²) in [5, 5.41) is 14.0. The Morgan fingerprint density at radius 1 is 0.971 bits per heavy atom. The van der Waals surface area contributed by atoms with Crippen molar-refractivity contribution in [3.63, 3.8) is 0 Å². The minimum absolute atomic E-state index is 0.0906. The summed E-state index contributed by atoms with van der Waals surface area (Å²) in [5.74, 6) is 1.96. The number of rotatable bonds is 12. The van der Waals surface area contributed by atoms with E-state index in [1.165, 1.54) is 24.9 Å². The van der Waals surface area contributed by atoms with Crippen molar-refractivity contribution in [3.8, 4) is 17.2 Å². The molecule has 3 aromatic rings. The molecule has 2 aromatic carbocycles. The van der Waals surface area contributed by atoms with Gasteiger partial charge < -0.3 is 19.5 Å². The summed E-state index contributed by atoms with van der Waals surface area (Å²) in [5.41, 5.74) is 2.52. The molecule has 1 N–H and O–H groups in total. The van der Waals surface area contributed by atoms with Gasteiger partial charge in [-0.15, -0.1) is 11.8 Å². The Hall–Kier alpha value is -3.79. The number of nitro groups is 1. The molecule has 0 saturated carbocycles. The zero-order valence-corrected chi connectivity index (χ0v) is 19.7. The van der Waals surface area contributed by atoms with Crippen LogP contribution >= 0.6 is 11.8 Å². The predicted molar refractivity (Wildman–Crippen MR) is 129 cm³/mol. The largest absolute Gasteiger partial charge is 0.493 e. The third kappa shape index (κ3) is 7.11. The van der Waals surface area contributed by atoms with Crippen molar-refractivity contribution in [1.29, 1.82) is 0 Å². The molecule has 0 aliphatic heterocycles. The molecule has 0 spiro atoms. The SMILES string of the molecule is COc1cc(CNC(=O)CSCc2ccc(OC)c([N+](=O)[O-])c2)ccc1OCc1ccncc1.